The van der Waals surface area contributed by atoms with Crippen LogP contribution in [0.4, 0.5) is 5.69 Å². The summed E-state index contributed by atoms with van der Waals surface area (Å²) in [6.45, 7) is 0. The molecule has 0 radical (unpaired) electrons. The normalized spacial score (nSPS) is 12.3. The van der Waals surface area contributed by atoms with Crippen LogP contribution in [-0.2, 0) is 10.0 Å². The minimum absolute atomic E-state index is 0.0918. The number of anilines is 1. The summed E-state index contributed by atoms with van der Waals surface area (Å²) in [7, 11) is -3.82. The molecule has 0 saturated carbocycles. The monoisotopic (exact) mass is 359 g/mol. The van der Waals surface area contributed by atoms with Gasteiger partial charge in [-0.3, -0.25) is 9.82 Å². The fraction of sp³-hybridized carbons (Fsp3) is 0. The van der Waals surface area contributed by atoms with Crippen LogP contribution >= 0.6 is 15.9 Å². The van der Waals surface area contributed by atoms with Crippen LogP contribution in [0.25, 0.3) is 0 Å². The zero-order chi connectivity index (χ0) is 14.8. The van der Waals surface area contributed by atoms with Crippen molar-refractivity contribution in [2.45, 2.75) is 5.03 Å². The molecule has 0 saturated heterocycles. The van der Waals surface area contributed by atoms with E-state index in [0.717, 1.165) is 0 Å². The van der Waals surface area contributed by atoms with E-state index in [4.69, 9.17) is 10.9 Å². The van der Waals surface area contributed by atoms with E-state index in [1.807, 2.05) is 0 Å². The van der Waals surface area contributed by atoms with Crippen molar-refractivity contribution in [1.82, 2.24) is 10.2 Å². The largest absolute Gasteiger partial charge is 0.409 e. The van der Waals surface area contributed by atoms with Crippen molar-refractivity contribution < 1.29 is 13.6 Å². The second-order valence-corrected chi connectivity index (χ2v) is 6.27. The third kappa shape index (κ3) is 2.91. The van der Waals surface area contributed by atoms with Gasteiger partial charge in [-0.2, -0.15) is 13.5 Å². The number of aromatic amines is 1. The first-order chi connectivity index (χ1) is 9.44. The number of sulfonamides is 1. The molecule has 8 nitrogen and oxygen atoms in total. The number of halogens is 1. The van der Waals surface area contributed by atoms with Gasteiger partial charge in [-0.25, -0.2) is 0 Å². The summed E-state index contributed by atoms with van der Waals surface area (Å²) in [5.41, 5.74) is 5.95. The highest BCUT2D eigenvalue weighted by Gasteiger charge is 2.18. The topological polar surface area (TPSA) is 133 Å². The van der Waals surface area contributed by atoms with E-state index in [0.29, 0.717) is 4.47 Å². The van der Waals surface area contributed by atoms with Gasteiger partial charge < -0.3 is 10.9 Å². The molecule has 0 fully saturated rings. The Hall–Kier alpha value is -2.07. The van der Waals surface area contributed by atoms with Crippen molar-refractivity contribution >= 4 is 37.5 Å². The number of hydrogen-bond acceptors (Lipinski definition) is 5. The average Bonchev–Trinajstić information content (AvgIpc) is 2.94. The molecule has 5 N–H and O–H groups in total. The molecule has 2 aromatic rings. The van der Waals surface area contributed by atoms with Gasteiger partial charge in [0.1, 0.15) is 0 Å². The predicted octanol–water partition coefficient (Wildman–Crippen LogP) is 1.07. The van der Waals surface area contributed by atoms with Crippen LogP contribution in [-0.4, -0.2) is 29.7 Å². The number of oxime groups is 1. The summed E-state index contributed by atoms with van der Waals surface area (Å²) in [5.74, 6) is -0.214. The molecule has 0 aliphatic carbocycles. The first-order valence-electron chi connectivity index (χ1n) is 5.23. The predicted molar refractivity (Wildman–Crippen MR) is 76.0 cm³/mol. The van der Waals surface area contributed by atoms with E-state index >= 15 is 0 Å². The number of hydrogen-bond donors (Lipinski definition) is 4. The number of amidine groups is 1. The number of nitrogens with two attached hydrogens (primary N) is 1. The molecule has 0 amide bonds. The summed E-state index contributed by atoms with van der Waals surface area (Å²) >= 11 is 3.23. The number of benzene rings is 1. The highest BCUT2D eigenvalue weighted by atomic mass is 79.9. The van der Waals surface area contributed by atoms with E-state index in [9.17, 15) is 8.42 Å². The van der Waals surface area contributed by atoms with Gasteiger partial charge in [-0.15, -0.1) is 0 Å². The summed E-state index contributed by atoms with van der Waals surface area (Å²) in [5, 5.41) is 17.4. The van der Waals surface area contributed by atoms with Gasteiger partial charge in [0.15, 0.2) is 10.9 Å². The molecule has 0 aliphatic heterocycles. The maximum Gasteiger partial charge on any atom is 0.278 e. The lowest BCUT2D eigenvalue weighted by atomic mass is 10.2. The molecule has 0 unspecified atom stereocenters. The molecule has 10 heteroatoms. The van der Waals surface area contributed by atoms with Crippen molar-refractivity contribution in [3.8, 4) is 0 Å². The molecule has 1 aromatic heterocycles. The zero-order valence-electron chi connectivity index (χ0n) is 9.91. The number of nitrogens with zero attached hydrogens (tertiary/aromatic N) is 2. The molecule has 106 valence electrons. The van der Waals surface area contributed by atoms with Gasteiger partial charge in [0.05, 0.1) is 11.9 Å². The second-order valence-electron chi connectivity index (χ2n) is 3.70. The standard InChI is InChI=1S/C10H10BrN5O3S/c11-6-1-2-8(7(5-6)10(12)15-17)16-20(18,19)9-3-4-13-14-9/h1-5,16-17H,(H2,12,15)(H,13,14). The minimum atomic E-state index is -3.82. The van der Waals surface area contributed by atoms with Crippen LogP contribution in [0.1, 0.15) is 5.56 Å². The van der Waals surface area contributed by atoms with Crippen LogP contribution in [0, 0.1) is 0 Å². The summed E-state index contributed by atoms with van der Waals surface area (Å²) in [6, 6.07) is 5.95. The molecule has 1 aromatic carbocycles. The lowest BCUT2D eigenvalue weighted by Gasteiger charge is -2.11. The van der Waals surface area contributed by atoms with E-state index in [2.05, 4.69) is 36.0 Å². The number of H-pyrrole nitrogens is 1. The Kier molecular flexibility index (Phi) is 3.95. The Bertz CT molecular complexity index is 742. The Morgan fingerprint density at radius 1 is 1.45 bits per heavy atom. The summed E-state index contributed by atoms with van der Waals surface area (Å²) in [6.07, 6.45) is 1.32. The van der Waals surface area contributed by atoms with Gasteiger partial charge in [0, 0.05) is 10.0 Å². The third-order valence-electron chi connectivity index (χ3n) is 2.37. The van der Waals surface area contributed by atoms with Gasteiger partial charge in [-0.1, -0.05) is 21.1 Å². The molecule has 0 bridgehead atoms. The Balaban J connectivity index is 2.45. The second kappa shape index (κ2) is 5.51. The molecule has 2 rings (SSSR count). The Morgan fingerprint density at radius 3 is 2.80 bits per heavy atom. The van der Waals surface area contributed by atoms with Gasteiger partial charge in [0.2, 0.25) is 0 Å². The molecular weight excluding hydrogens is 350 g/mol. The number of aromatic nitrogens is 2. The molecule has 20 heavy (non-hydrogen) atoms. The lowest BCUT2D eigenvalue weighted by molar-refractivity contribution is 0.318. The number of nitrogens with one attached hydrogen (secondary N) is 2. The van der Waals surface area contributed by atoms with Gasteiger partial charge in [-0.05, 0) is 24.3 Å². The maximum absolute atomic E-state index is 12.1. The number of rotatable bonds is 4. The quantitative estimate of drug-likeness (QED) is 0.280. The lowest BCUT2D eigenvalue weighted by Crippen LogP contribution is -2.19. The van der Waals surface area contributed by atoms with Gasteiger partial charge in [0.25, 0.3) is 10.0 Å². The van der Waals surface area contributed by atoms with Crippen molar-refractivity contribution in [3.05, 3.63) is 40.5 Å². The third-order valence-corrected chi connectivity index (χ3v) is 4.16. The van der Waals surface area contributed by atoms with E-state index in [1.54, 1.807) is 6.07 Å². The van der Waals surface area contributed by atoms with Crippen LogP contribution < -0.4 is 10.5 Å². The van der Waals surface area contributed by atoms with Crippen LogP contribution in [0.5, 0.6) is 0 Å². The average molecular weight is 360 g/mol. The van der Waals surface area contributed by atoms with E-state index in [-0.39, 0.29) is 22.1 Å². The van der Waals surface area contributed by atoms with E-state index < -0.39 is 10.0 Å². The van der Waals surface area contributed by atoms with Crippen molar-refractivity contribution in [3.63, 3.8) is 0 Å². The smallest absolute Gasteiger partial charge is 0.278 e. The highest BCUT2D eigenvalue weighted by molar-refractivity contribution is 9.10. The van der Waals surface area contributed by atoms with E-state index in [1.165, 1.54) is 24.4 Å². The Labute approximate surface area is 122 Å². The van der Waals surface area contributed by atoms with Crippen LogP contribution in [0.2, 0.25) is 0 Å². The highest BCUT2D eigenvalue weighted by Crippen LogP contribution is 2.23. The minimum Gasteiger partial charge on any atom is -0.409 e. The molecule has 1 heterocycles. The molecular formula is C10H10BrN5O3S. The fourth-order valence-electron chi connectivity index (χ4n) is 1.46. The van der Waals surface area contributed by atoms with Crippen molar-refractivity contribution in [2.75, 3.05) is 4.72 Å². The Morgan fingerprint density at radius 2 is 2.20 bits per heavy atom. The van der Waals surface area contributed by atoms with Crippen molar-refractivity contribution in [1.29, 1.82) is 0 Å². The maximum atomic E-state index is 12.1. The van der Waals surface area contributed by atoms with Crippen molar-refractivity contribution in [2.24, 2.45) is 10.9 Å². The zero-order valence-corrected chi connectivity index (χ0v) is 12.3. The van der Waals surface area contributed by atoms with Crippen LogP contribution in [0.3, 0.4) is 0 Å². The molecule has 0 spiro atoms. The van der Waals surface area contributed by atoms with Gasteiger partial charge >= 0.3 is 0 Å². The first kappa shape index (κ1) is 14.3. The SMILES string of the molecule is N/C(=N/O)c1cc(Br)ccc1NS(=O)(=O)c1ccn[nH]1. The summed E-state index contributed by atoms with van der Waals surface area (Å²) in [4.78, 5) is 0. The molecule has 0 aliphatic rings. The fourth-order valence-corrected chi connectivity index (χ4v) is 2.82. The molecule has 0 atom stereocenters. The first-order valence-corrected chi connectivity index (χ1v) is 7.51. The summed E-state index contributed by atoms with van der Waals surface area (Å²) < 4.78 is 27.1. The van der Waals surface area contributed by atoms with Crippen LogP contribution in [0.15, 0.2) is 45.1 Å².